The number of halogens is 1. The fourth-order valence-electron chi connectivity index (χ4n) is 2.15. The van der Waals surface area contributed by atoms with Crippen molar-refractivity contribution in [2.75, 3.05) is 5.73 Å². The maximum atomic E-state index is 5.96. The van der Waals surface area contributed by atoms with Crippen molar-refractivity contribution in [1.29, 1.82) is 0 Å². The van der Waals surface area contributed by atoms with Crippen LogP contribution in [0, 0.1) is 0 Å². The van der Waals surface area contributed by atoms with Crippen molar-refractivity contribution in [1.82, 2.24) is 14.5 Å². The van der Waals surface area contributed by atoms with E-state index >= 15 is 0 Å². The average Bonchev–Trinajstić information content (AvgIpc) is 2.72. The number of rotatable bonds is 3. The zero-order valence-corrected chi connectivity index (χ0v) is 11.0. The lowest BCUT2D eigenvalue weighted by Gasteiger charge is -2.06. The monoisotopic (exact) mass is 272 g/mol. The number of anilines is 1. The molecule has 0 radical (unpaired) electrons. The molecule has 2 heterocycles. The number of hydrogen-bond donors (Lipinski definition) is 1. The van der Waals surface area contributed by atoms with Gasteiger partial charge in [0.1, 0.15) is 0 Å². The first-order valence-electron chi connectivity index (χ1n) is 6.04. The first-order valence-corrected chi connectivity index (χ1v) is 6.42. The Bertz CT molecular complexity index is 706. The van der Waals surface area contributed by atoms with Gasteiger partial charge in [0.25, 0.3) is 0 Å². The van der Waals surface area contributed by atoms with Gasteiger partial charge in [0, 0.05) is 24.0 Å². The Balaban J connectivity index is 1.90. The van der Waals surface area contributed by atoms with Crippen molar-refractivity contribution in [2.45, 2.75) is 13.0 Å². The number of fused-ring (bicyclic) bond motifs is 1. The maximum Gasteiger partial charge on any atom is 0.201 e. The van der Waals surface area contributed by atoms with Gasteiger partial charge in [-0.25, -0.2) is 4.98 Å². The van der Waals surface area contributed by atoms with Crippen molar-refractivity contribution in [3.05, 3.63) is 53.3 Å². The summed E-state index contributed by atoms with van der Waals surface area (Å²) in [6, 6.07) is 9.65. The van der Waals surface area contributed by atoms with Gasteiger partial charge in [-0.1, -0.05) is 11.6 Å². The maximum absolute atomic E-state index is 5.96. The van der Waals surface area contributed by atoms with Crippen LogP contribution in [0.2, 0.25) is 5.02 Å². The Morgan fingerprint density at radius 2 is 1.95 bits per heavy atom. The average molecular weight is 273 g/mol. The van der Waals surface area contributed by atoms with E-state index in [1.54, 1.807) is 12.4 Å². The lowest BCUT2D eigenvalue weighted by molar-refractivity contribution is 0.725. The van der Waals surface area contributed by atoms with Crippen molar-refractivity contribution < 1.29 is 0 Å². The highest BCUT2D eigenvalue weighted by atomic mass is 35.5. The van der Waals surface area contributed by atoms with E-state index in [-0.39, 0.29) is 0 Å². The van der Waals surface area contributed by atoms with Crippen LogP contribution in [0.25, 0.3) is 11.0 Å². The lowest BCUT2D eigenvalue weighted by Crippen LogP contribution is -2.05. The molecule has 0 saturated carbocycles. The van der Waals surface area contributed by atoms with Crippen molar-refractivity contribution in [3.63, 3.8) is 0 Å². The summed E-state index contributed by atoms with van der Waals surface area (Å²) in [5.74, 6) is 0.520. The standard InChI is InChI=1S/C14H13ClN4/c15-11-1-2-13-12(9-11)18-14(16)19(13)8-5-10-3-6-17-7-4-10/h1-4,6-7,9H,5,8H2,(H2,16,18). The number of nitrogen functional groups attached to an aromatic ring is 1. The van der Waals surface area contributed by atoms with Gasteiger partial charge >= 0.3 is 0 Å². The van der Waals surface area contributed by atoms with E-state index in [9.17, 15) is 0 Å². The molecule has 19 heavy (non-hydrogen) atoms. The lowest BCUT2D eigenvalue weighted by atomic mass is 10.2. The van der Waals surface area contributed by atoms with Gasteiger partial charge in [0.05, 0.1) is 11.0 Å². The number of aryl methyl sites for hydroxylation is 2. The van der Waals surface area contributed by atoms with Crippen LogP contribution in [-0.4, -0.2) is 14.5 Å². The molecular formula is C14H13ClN4. The van der Waals surface area contributed by atoms with Gasteiger partial charge in [-0.05, 0) is 42.3 Å². The van der Waals surface area contributed by atoms with Crippen LogP contribution in [0.5, 0.6) is 0 Å². The summed E-state index contributed by atoms with van der Waals surface area (Å²) < 4.78 is 2.01. The summed E-state index contributed by atoms with van der Waals surface area (Å²) in [7, 11) is 0. The third-order valence-corrected chi connectivity index (χ3v) is 3.35. The summed E-state index contributed by atoms with van der Waals surface area (Å²) >= 11 is 5.96. The Morgan fingerprint density at radius 1 is 1.16 bits per heavy atom. The number of benzene rings is 1. The first-order chi connectivity index (χ1) is 9.24. The molecule has 0 atom stereocenters. The van der Waals surface area contributed by atoms with Crippen LogP contribution in [0.15, 0.2) is 42.7 Å². The van der Waals surface area contributed by atoms with Crippen LogP contribution >= 0.6 is 11.6 Å². The summed E-state index contributed by atoms with van der Waals surface area (Å²) in [5, 5.41) is 0.672. The van der Waals surface area contributed by atoms with Gasteiger partial charge in [0.15, 0.2) is 0 Å². The van der Waals surface area contributed by atoms with E-state index in [1.807, 2.05) is 34.9 Å². The highest BCUT2D eigenvalue weighted by Crippen LogP contribution is 2.22. The molecule has 1 aromatic carbocycles. The molecule has 3 rings (SSSR count). The van der Waals surface area contributed by atoms with E-state index in [2.05, 4.69) is 9.97 Å². The Kier molecular flexibility index (Phi) is 3.09. The molecule has 0 aliphatic rings. The molecule has 3 aromatic rings. The second-order valence-electron chi connectivity index (χ2n) is 4.36. The number of imidazole rings is 1. The molecule has 0 fully saturated rings. The molecule has 0 spiro atoms. The molecule has 4 nitrogen and oxygen atoms in total. The summed E-state index contributed by atoms with van der Waals surface area (Å²) in [5.41, 5.74) is 9.03. The van der Waals surface area contributed by atoms with Crippen LogP contribution < -0.4 is 5.73 Å². The van der Waals surface area contributed by atoms with Gasteiger partial charge in [0.2, 0.25) is 5.95 Å². The third kappa shape index (κ3) is 2.39. The molecule has 2 N–H and O–H groups in total. The van der Waals surface area contributed by atoms with Crippen LogP contribution in [0.4, 0.5) is 5.95 Å². The zero-order chi connectivity index (χ0) is 13.2. The van der Waals surface area contributed by atoms with Gasteiger partial charge in [-0.3, -0.25) is 4.98 Å². The SMILES string of the molecule is Nc1nc2cc(Cl)ccc2n1CCc1ccncc1. The Labute approximate surface area is 115 Å². The smallest absolute Gasteiger partial charge is 0.201 e. The second-order valence-corrected chi connectivity index (χ2v) is 4.80. The summed E-state index contributed by atoms with van der Waals surface area (Å²) in [6.45, 7) is 0.786. The predicted octanol–water partition coefficient (Wildman–Crippen LogP) is 2.91. The molecule has 2 aromatic heterocycles. The van der Waals surface area contributed by atoms with Crippen LogP contribution in [-0.2, 0) is 13.0 Å². The van der Waals surface area contributed by atoms with Gasteiger partial charge in [-0.15, -0.1) is 0 Å². The van der Waals surface area contributed by atoms with Crippen LogP contribution in [0.3, 0.4) is 0 Å². The largest absolute Gasteiger partial charge is 0.369 e. The zero-order valence-electron chi connectivity index (χ0n) is 10.3. The number of hydrogen-bond acceptors (Lipinski definition) is 3. The number of aromatic nitrogens is 3. The fraction of sp³-hybridized carbons (Fsp3) is 0.143. The topological polar surface area (TPSA) is 56.7 Å². The van der Waals surface area contributed by atoms with Gasteiger partial charge < -0.3 is 10.3 Å². The quantitative estimate of drug-likeness (QED) is 0.798. The fourth-order valence-corrected chi connectivity index (χ4v) is 2.31. The first kappa shape index (κ1) is 12.0. The van der Waals surface area contributed by atoms with Gasteiger partial charge in [-0.2, -0.15) is 0 Å². The van der Waals surface area contributed by atoms with E-state index in [0.29, 0.717) is 11.0 Å². The van der Waals surface area contributed by atoms with Crippen molar-refractivity contribution in [2.24, 2.45) is 0 Å². The van der Waals surface area contributed by atoms with E-state index in [1.165, 1.54) is 5.56 Å². The minimum absolute atomic E-state index is 0.520. The molecule has 0 unspecified atom stereocenters. The Hall–Kier alpha value is -2.07. The molecule has 0 aliphatic carbocycles. The summed E-state index contributed by atoms with van der Waals surface area (Å²) in [6.07, 6.45) is 4.48. The molecule has 0 bridgehead atoms. The van der Waals surface area contributed by atoms with E-state index in [0.717, 1.165) is 24.0 Å². The molecule has 0 saturated heterocycles. The second kappa shape index (κ2) is 4.90. The van der Waals surface area contributed by atoms with Crippen LogP contribution in [0.1, 0.15) is 5.56 Å². The predicted molar refractivity (Wildman–Crippen MR) is 77.1 cm³/mol. The minimum atomic E-state index is 0.520. The molecule has 5 heteroatoms. The number of nitrogens with zero attached hydrogens (tertiary/aromatic N) is 3. The molecule has 96 valence electrons. The highest BCUT2D eigenvalue weighted by Gasteiger charge is 2.08. The van der Waals surface area contributed by atoms with E-state index < -0.39 is 0 Å². The highest BCUT2D eigenvalue weighted by molar-refractivity contribution is 6.31. The normalized spacial score (nSPS) is 11.0. The van der Waals surface area contributed by atoms with Crippen molar-refractivity contribution in [3.8, 4) is 0 Å². The number of pyridine rings is 1. The third-order valence-electron chi connectivity index (χ3n) is 3.11. The summed E-state index contributed by atoms with van der Waals surface area (Å²) in [4.78, 5) is 8.34. The number of nitrogens with two attached hydrogens (primary N) is 1. The molecule has 0 amide bonds. The van der Waals surface area contributed by atoms with Crippen molar-refractivity contribution >= 4 is 28.6 Å². The molecular weight excluding hydrogens is 260 g/mol. The Morgan fingerprint density at radius 3 is 2.74 bits per heavy atom. The molecule has 0 aliphatic heterocycles. The van der Waals surface area contributed by atoms with E-state index in [4.69, 9.17) is 17.3 Å². The minimum Gasteiger partial charge on any atom is -0.369 e.